The SMILES string of the molecule is Cc1ccc2sc(=NC(=O)c3ccc(OC(C)C)cc3)n(C)c2c1C. The van der Waals surface area contributed by atoms with Crippen LogP contribution in [0.3, 0.4) is 0 Å². The number of thiazole rings is 1. The second kappa shape index (κ2) is 6.84. The van der Waals surface area contributed by atoms with Crippen molar-refractivity contribution in [3.63, 3.8) is 0 Å². The minimum Gasteiger partial charge on any atom is -0.491 e. The molecule has 4 nitrogen and oxygen atoms in total. The molecular formula is C20H22N2O2S. The molecule has 1 aromatic heterocycles. The van der Waals surface area contributed by atoms with Crippen molar-refractivity contribution in [3.05, 3.63) is 57.9 Å². The first-order chi connectivity index (χ1) is 11.9. The van der Waals surface area contributed by atoms with Crippen LogP contribution in [-0.2, 0) is 7.05 Å². The highest BCUT2D eigenvalue weighted by molar-refractivity contribution is 7.16. The molecule has 1 heterocycles. The van der Waals surface area contributed by atoms with Crippen molar-refractivity contribution < 1.29 is 9.53 Å². The lowest BCUT2D eigenvalue weighted by molar-refractivity contribution is 0.0998. The molecule has 1 amide bonds. The molecular weight excluding hydrogens is 332 g/mol. The van der Waals surface area contributed by atoms with Gasteiger partial charge in [0.2, 0.25) is 0 Å². The Morgan fingerprint density at radius 1 is 1.12 bits per heavy atom. The lowest BCUT2D eigenvalue weighted by Gasteiger charge is -2.09. The van der Waals surface area contributed by atoms with Gasteiger partial charge in [-0.25, -0.2) is 0 Å². The Morgan fingerprint density at radius 2 is 1.80 bits per heavy atom. The summed E-state index contributed by atoms with van der Waals surface area (Å²) in [6, 6.07) is 11.3. The predicted molar refractivity (Wildman–Crippen MR) is 102 cm³/mol. The molecule has 0 fully saturated rings. The van der Waals surface area contributed by atoms with Crippen molar-refractivity contribution in [1.82, 2.24) is 4.57 Å². The number of fused-ring (bicyclic) bond motifs is 1. The highest BCUT2D eigenvalue weighted by Gasteiger charge is 2.10. The summed E-state index contributed by atoms with van der Waals surface area (Å²) in [4.78, 5) is 17.5. The zero-order valence-electron chi connectivity index (χ0n) is 15.2. The molecule has 0 radical (unpaired) electrons. The van der Waals surface area contributed by atoms with Crippen LogP contribution in [0.25, 0.3) is 10.2 Å². The molecule has 0 saturated heterocycles. The quantitative estimate of drug-likeness (QED) is 0.700. The van der Waals surface area contributed by atoms with Gasteiger partial charge in [-0.2, -0.15) is 4.99 Å². The fraction of sp³-hybridized carbons (Fsp3) is 0.300. The van der Waals surface area contributed by atoms with E-state index < -0.39 is 0 Å². The molecule has 3 aromatic rings. The van der Waals surface area contributed by atoms with Crippen LogP contribution >= 0.6 is 11.3 Å². The van der Waals surface area contributed by atoms with Crippen LogP contribution in [-0.4, -0.2) is 16.6 Å². The third kappa shape index (κ3) is 3.51. The summed E-state index contributed by atoms with van der Waals surface area (Å²) >= 11 is 1.53. The van der Waals surface area contributed by atoms with Crippen molar-refractivity contribution in [1.29, 1.82) is 0 Å². The predicted octanol–water partition coefficient (Wildman–Crippen LogP) is 4.38. The van der Waals surface area contributed by atoms with E-state index in [1.807, 2.05) is 25.5 Å². The van der Waals surface area contributed by atoms with E-state index in [4.69, 9.17) is 4.74 Å². The number of nitrogens with zero attached hydrogens (tertiary/aromatic N) is 2. The summed E-state index contributed by atoms with van der Waals surface area (Å²) in [6.07, 6.45) is 0.107. The summed E-state index contributed by atoms with van der Waals surface area (Å²) in [5.74, 6) is 0.512. The first-order valence-corrected chi connectivity index (χ1v) is 9.10. The molecule has 0 atom stereocenters. The van der Waals surface area contributed by atoms with Crippen molar-refractivity contribution in [2.24, 2.45) is 12.0 Å². The fourth-order valence-electron chi connectivity index (χ4n) is 2.74. The molecule has 3 rings (SSSR count). The molecule has 0 aliphatic carbocycles. The third-order valence-electron chi connectivity index (χ3n) is 4.16. The lowest BCUT2D eigenvalue weighted by atomic mass is 10.1. The average Bonchev–Trinajstić information content (AvgIpc) is 2.88. The van der Waals surface area contributed by atoms with Crippen LogP contribution in [0.4, 0.5) is 0 Å². The smallest absolute Gasteiger partial charge is 0.279 e. The zero-order chi connectivity index (χ0) is 18.1. The highest BCUT2D eigenvalue weighted by Crippen LogP contribution is 2.23. The monoisotopic (exact) mass is 354 g/mol. The van der Waals surface area contributed by atoms with Gasteiger partial charge in [-0.3, -0.25) is 4.79 Å². The standard InChI is InChI=1S/C20H22N2O2S/c1-12(2)24-16-9-7-15(8-10-16)19(23)21-20-22(5)18-14(4)13(3)6-11-17(18)25-20/h6-12H,1-5H3. The van der Waals surface area contributed by atoms with Crippen molar-refractivity contribution >= 4 is 27.5 Å². The van der Waals surface area contributed by atoms with Crippen molar-refractivity contribution in [2.45, 2.75) is 33.8 Å². The van der Waals surface area contributed by atoms with Crippen molar-refractivity contribution in [2.75, 3.05) is 0 Å². The number of carbonyl (C=O) groups is 1. The maximum absolute atomic E-state index is 12.5. The Morgan fingerprint density at radius 3 is 2.44 bits per heavy atom. The number of hydrogen-bond donors (Lipinski definition) is 0. The molecule has 0 N–H and O–H groups in total. The van der Waals surface area contributed by atoms with E-state index in [1.165, 1.54) is 22.5 Å². The number of aryl methyl sites for hydroxylation is 3. The molecule has 0 bridgehead atoms. The molecule has 25 heavy (non-hydrogen) atoms. The number of benzene rings is 2. The third-order valence-corrected chi connectivity index (χ3v) is 5.26. The van der Waals surface area contributed by atoms with E-state index in [0.717, 1.165) is 16.0 Å². The van der Waals surface area contributed by atoms with E-state index in [9.17, 15) is 4.79 Å². The number of ether oxygens (including phenoxy) is 1. The molecule has 5 heteroatoms. The second-order valence-corrected chi connectivity index (χ2v) is 7.41. The van der Waals surface area contributed by atoms with Crippen LogP contribution in [0.1, 0.15) is 35.3 Å². The number of rotatable bonds is 3. The normalized spacial score (nSPS) is 12.2. The second-order valence-electron chi connectivity index (χ2n) is 6.41. The molecule has 130 valence electrons. The number of amides is 1. The van der Waals surface area contributed by atoms with Gasteiger partial charge in [0.05, 0.1) is 16.3 Å². The van der Waals surface area contributed by atoms with E-state index in [-0.39, 0.29) is 12.0 Å². The minimum atomic E-state index is -0.243. The van der Waals surface area contributed by atoms with Crippen LogP contribution in [0, 0.1) is 13.8 Å². The van der Waals surface area contributed by atoms with Gasteiger partial charge in [0.1, 0.15) is 5.75 Å². The van der Waals surface area contributed by atoms with Gasteiger partial charge in [-0.05, 0) is 69.2 Å². The van der Waals surface area contributed by atoms with Crippen LogP contribution in [0.5, 0.6) is 5.75 Å². The summed E-state index contributed by atoms with van der Waals surface area (Å²) in [5.41, 5.74) is 4.15. The van der Waals surface area contributed by atoms with E-state index in [1.54, 1.807) is 24.3 Å². The van der Waals surface area contributed by atoms with Gasteiger partial charge < -0.3 is 9.30 Å². The van der Waals surface area contributed by atoms with E-state index >= 15 is 0 Å². The number of aromatic nitrogens is 1. The fourth-order valence-corrected chi connectivity index (χ4v) is 3.81. The Labute approximate surface area is 151 Å². The van der Waals surface area contributed by atoms with Crippen molar-refractivity contribution in [3.8, 4) is 5.75 Å². The lowest BCUT2D eigenvalue weighted by Crippen LogP contribution is -2.14. The van der Waals surface area contributed by atoms with Crippen LogP contribution in [0.15, 0.2) is 41.4 Å². The summed E-state index contributed by atoms with van der Waals surface area (Å²) < 4.78 is 8.74. The topological polar surface area (TPSA) is 43.6 Å². The van der Waals surface area contributed by atoms with Crippen LogP contribution in [0.2, 0.25) is 0 Å². The van der Waals surface area contributed by atoms with Gasteiger partial charge in [-0.1, -0.05) is 17.4 Å². The molecule has 0 saturated carbocycles. The maximum Gasteiger partial charge on any atom is 0.279 e. The van der Waals surface area contributed by atoms with Gasteiger partial charge in [-0.15, -0.1) is 0 Å². The molecule has 0 aliphatic rings. The zero-order valence-corrected chi connectivity index (χ0v) is 16.0. The summed E-state index contributed by atoms with van der Waals surface area (Å²) in [6.45, 7) is 8.14. The Kier molecular flexibility index (Phi) is 4.77. The first kappa shape index (κ1) is 17.4. The first-order valence-electron chi connectivity index (χ1n) is 8.28. The summed E-state index contributed by atoms with van der Waals surface area (Å²) in [5, 5.41) is 0. The molecule has 0 unspecified atom stereocenters. The Balaban J connectivity index is 1.97. The average molecular weight is 354 g/mol. The maximum atomic E-state index is 12.5. The molecule has 2 aromatic carbocycles. The molecule has 0 aliphatic heterocycles. The Hall–Kier alpha value is -2.40. The number of hydrogen-bond acceptors (Lipinski definition) is 3. The number of carbonyl (C=O) groups excluding carboxylic acids is 1. The minimum absolute atomic E-state index is 0.107. The van der Waals surface area contributed by atoms with Gasteiger partial charge >= 0.3 is 0 Å². The molecule has 0 spiro atoms. The highest BCUT2D eigenvalue weighted by atomic mass is 32.1. The summed E-state index contributed by atoms with van der Waals surface area (Å²) in [7, 11) is 1.96. The van der Waals surface area contributed by atoms with Crippen LogP contribution < -0.4 is 9.54 Å². The van der Waals surface area contributed by atoms with Gasteiger partial charge in [0, 0.05) is 12.6 Å². The van der Waals surface area contributed by atoms with E-state index in [2.05, 4.69) is 31.0 Å². The largest absolute Gasteiger partial charge is 0.491 e. The Bertz CT molecular complexity index is 995. The van der Waals surface area contributed by atoms with E-state index in [0.29, 0.717) is 10.4 Å². The van der Waals surface area contributed by atoms with Gasteiger partial charge in [0.25, 0.3) is 5.91 Å². The van der Waals surface area contributed by atoms with Gasteiger partial charge in [0.15, 0.2) is 4.80 Å².